The summed E-state index contributed by atoms with van der Waals surface area (Å²) >= 11 is 5.89. The molecule has 1 N–H and O–H groups in total. The second-order valence-corrected chi connectivity index (χ2v) is 10.1. The van der Waals surface area contributed by atoms with E-state index in [1.54, 1.807) is 0 Å². The Kier molecular flexibility index (Phi) is 4.32. The van der Waals surface area contributed by atoms with Crippen LogP contribution in [-0.4, -0.2) is 21.2 Å². The summed E-state index contributed by atoms with van der Waals surface area (Å²) < 4.78 is 12.5. The fraction of sp³-hybridized carbons (Fsp3) is 0.684. The number of aliphatic hydroxyl groups is 1. The van der Waals surface area contributed by atoms with Gasteiger partial charge in [-0.15, -0.1) is 0 Å². The predicted molar refractivity (Wildman–Crippen MR) is 94.8 cm³/mol. The van der Waals surface area contributed by atoms with Crippen molar-refractivity contribution in [3.63, 3.8) is 0 Å². The standard InChI is InChI=1S/C19H25ClO2S/c20-17-3-1-13(2-4-17)11-23(22)12-18(21)19-8-14-5-15(9-19)7-16(6-14)10-19/h1-4,14-16,18,21H,5-12H2. The van der Waals surface area contributed by atoms with Gasteiger partial charge in [-0.1, -0.05) is 23.7 Å². The Morgan fingerprint density at radius 1 is 1.09 bits per heavy atom. The molecule has 0 saturated heterocycles. The number of rotatable bonds is 5. The zero-order valence-corrected chi connectivity index (χ0v) is 15.0. The lowest BCUT2D eigenvalue weighted by Crippen LogP contribution is -2.53. The van der Waals surface area contributed by atoms with Crippen molar-refractivity contribution >= 4 is 22.4 Å². The monoisotopic (exact) mass is 352 g/mol. The molecule has 4 saturated carbocycles. The van der Waals surface area contributed by atoms with Gasteiger partial charge in [0.1, 0.15) is 0 Å². The van der Waals surface area contributed by atoms with Gasteiger partial charge in [-0.2, -0.15) is 0 Å². The van der Waals surface area contributed by atoms with Gasteiger partial charge < -0.3 is 5.11 Å². The van der Waals surface area contributed by atoms with Crippen LogP contribution >= 0.6 is 11.6 Å². The van der Waals surface area contributed by atoms with Crippen LogP contribution in [-0.2, 0) is 16.6 Å². The number of hydrogen-bond acceptors (Lipinski definition) is 2. The van der Waals surface area contributed by atoms with Gasteiger partial charge in [0.25, 0.3) is 0 Å². The molecular formula is C19H25ClO2S. The third-order valence-electron chi connectivity index (χ3n) is 6.38. The first-order chi connectivity index (χ1) is 11.0. The number of benzene rings is 1. The Labute approximate surface area is 146 Å². The highest BCUT2D eigenvalue weighted by molar-refractivity contribution is 7.84. The molecule has 1 aromatic carbocycles. The van der Waals surface area contributed by atoms with Gasteiger partial charge in [-0.3, -0.25) is 4.21 Å². The fourth-order valence-corrected chi connectivity index (χ4v) is 7.28. The van der Waals surface area contributed by atoms with Crippen molar-refractivity contribution in [2.75, 3.05) is 5.75 Å². The van der Waals surface area contributed by atoms with E-state index >= 15 is 0 Å². The summed E-state index contributed by atoms with van der Waals surface area (Å²) in [5.41, 5.74) is 1.11. The predicted octanol–water partition coefficient (Wildman–Crippen LogP) is 4.17. The first kappa shape index (κ1) is 16.1. The van der Waals surface area contributed by atoms with E-state index in [9.17, 15) is 9.32 Å². The molecule has 23 heavy (non-hydrogen) atoms. The van der Waals surface area contributed by atoms with Crippen molar-refractivity contribution in [3.05, 3.63) is 34.9 Å². The zero-order valence-electron chi connectivity index (χ0n) is 13.4. The highest BCUT2D eigenvalue weighted by Gasteiger charge is 2.54. The van der Waals surface area contributed by atoms with Crippen LogP contribution in [0, 0.1) is 23.2 Å². The maximum atomic E-state index is 12.5. The maximum Gasteiger partial charge on any atom is 0.0711 e. The lowest BCUT2D eigenvalue weighted by molar-refractivity contribution is -0.112. The Morgan fingerprint density at radius 3 is 2.13 bits per heavy atom. The van der Waals surface area contributed by atoms with Crippen LogP contribution in [0.5, 0.6) is 0 Å². The largest absolute Gasteiger partial charge is 0.392 e. The minimum atomic E-state index is -1.01. The molecule has 0 amide bonds. The molecule has 2 nitrogen and oxygen atoms in total. The van der Waals surface area contributed by atoms with Gasteiger partial charge in [-0.05, 0) is 79.4 Å². The third-order valence-corrected chi connectivity index (χ3v) is 7.97. The van der Waals surface area contributed by atoms with Crippen LogP contribution in [0.3, 0.4) is 0 Å². The van der Waals surface area contributed by atoms with E-state index in [4.69, 9.17) is 11.6 Å². The summed E-state index contributed by atoms with van der Waals surface area (Å²) in [4.78, 5) is 0. The molecule has 0 heterocycles. The minimum absolute atomic E-state index is 0.0738. The molecule has 4 aliphatic rings. The molecule has 5 rings (SSSR count). The molecule has 0 spiro atoms. The normalized spacial score (nSPS) is 37.7. The van der Waals surface area contributed by atoms with E-state index in [2.05, 4.69) is 0 Å². The van der Waals surface area contributed by atoms with Crippen molar-refractivity contribution in [2.24, 2.45) is 23.2 Å². The molecule has 4 fully saturated rings. The van der Waals surface area contributed by atoms with Crippen LogP contribution in [0.25, 0.3) is 0 Å². The summed E-state index contributed by atoms with van der Waals surface area (Å²) in [5.74, 6) is 3.40. The Hall–Kier alpha value is -0.380. The van der Waals surface area contributed by atoms with Crippen LogP contribution < -0.4 is 0 Å². The molecule has 0 aliphatic heterocycles. The minimum Gasteiger partial charge on any atom is -0.392 e. The van der Waals surface area contributed by atoms with E-state index in [1.165, 1.54) is 38.5 Å². The van der Waals surface area contributed by atoms with E-state index in [0.717, 1.165) is 23.3 Å². The molecule has 126 valence electrons. The Bertz CT molecular complexity index is 563. The molecule has 4 bridgehead atoms. The number of aliphatic hydroxyl groups excluding tert-OH is 1. The third kappa shape index (κ3) is 3.25. The summed E-state index contributed by atoms with van der Waals surface area (Å²) in [7, 11) is -1.01. The highest BCUT2D eigenvalue weighted by Crippen LogP contribution is 2.61. The SMILES string of the molecule is O=S(Cc1ccc(Cl)cc1)CC(O)C12CC3CC(CC(C3)C1)C2. The topological polar surface area (TPSA) is 37.3 Å². The second-order valence-electron chi connectivity index (χ2n) is 8.17. The summed E-state index contributed by atoms with van der Waals surface area (Å²) in [6, 6.07) is 7.53. The molecule has 1 aromatic rings. The first-order valence-electron chi connectivity index (χ1n) is 8.80. The molecule has 4 heteroatoms. The smallest absolute Gasteiger partial charge is 0.0711 e. The van der Waals surface area contributed by atoms with E-state index in [0.29, 0.717) is 16.5 Å². The van der Waals surface area contributed by atoms with E-state index in [-0.39, 0.29) is 5.41 Å². The summed E-state index contributed by atoms with van der Waals surface area (Å²) in [6.07, 6.45) is 7.22. The van der Waals surface area contributed by atoms with E-state index in [1.807, 2.05) is 24.3 Å². The van der Waals surface area contributed by atoms with Crippen LogP contribution in [0.15, 0.2) is 24.3 Å². The molecule has 4 aliphatic carbocycles. The molecule has 0 radical (unpaired) electrons. The zero-order chi connectivity index (χ0) is 16.0. The van der Waals surface area contributed by atoms with Gasteiger partial charge in [0.15, 0.2) is 0 Å². The number of halogens is 1. The fourth-order valence-electron chi connectivity index (χ4n) is 5.76. The van der Waals surface area contributed by atoms with Gasteiger partial charge in [0, 0.05) is 21.6 Å². The van der Waals surface area contributed by atoms with Crippen molar-refractivity contribution in [3.8, 4) is 0 Å². The van der Waals surface area contributed by atoms with E-state index < -0.39 is 16.9 Å². The van der Waals surface area contributed by atoms with Crippen molar-refractivity contribution in [1.29, 1.82) is 0 Å². The molecule has 2 atom stereocenters. The van der Waals surface area contributed by atoms with Crippen molar-refractivity contribution in [2.45, 2.75) is 50.4 Å². The van der Waals surface area contributed by atoms with Crippen LogP contribution in [0.1, 0.15) is 44.1 Å². The maximum absolute atomic E-state index is 12.5. The lowest BCUT2D eigenvalue weighted by Gasteiger charge is -2.58. The molecular weight excluding hydrogens is 328 g/mol. The highest BCUT2D eigenvalue weighted by atomic mass is 35.5. The van der Waals surface area contributed by atoms with Gasteiger partial charge >= 0.3 is 0 Å². The quantitative estimate of drug-likeness (QED) is 0.863. The van der Waals surface area contributed by atoms with Crippen molar-refractivity contribution in [1.82, 2.24) is 0 Å². The Morgan fingerprint density at radius 2 is 1.61 bits per heavy atom. The lowest BCUT2D eigenvalue weighted by atomic mass is 9.48. The summed E-state index contributed by atoms with van der Waals surface area (Å²) in [6.45, 7) is 0. The van der Waals surface area contributed by atoms with Gasteiger partial charge in [0.2, 0.25) is 0 Å². The number of hydrogen-bond donors (Lipinski definition) is 1. The average molecular weight is 353 g/mol. The molecule has 0 aromatic heterocycles. The Balaban J connectivity index is 1.40. The van der Waals surface area contributed by atoms with Crippen LogP contribution in [0.2, 0.25) is 5.02 Å². The van der Waals surface area contributed by atoms with Gasteiger partial charge in [0.05, 0.1) is 11.9 Å². The van der Waals surface area contributed by atoms with Crippen molar-refractivity contribution < 1.29 is 9.32 Å². The second kappa shape index (κ2) is 6.16. The van der Waals surface area contributed by atoms with Crippen LogP contribution in [0.4, 0.5) is 0 Å². The first-order valence-corrected chi connectivity index (χ1v) is 10.7. The average Bonchev–Trinajstić information content (AvgIpc) is 2.48. The molecule has 2 unspecified atom stereocenters. The summed E-state index contributed by atoms with van der Waals surface area (Å²) in [5, 5.41) is 11.6. The van der Waals surface area contributed by atoms with Gasteiger partial charge in [-0.25, -0.2) is 0 Å².